The summed E-state index contributed by atoms with van der Waals surface area (Å²) in [5.41, 5.74) is -0.396. The van der Waals surface area contributed by atoms with E-state index in [0.717, 1.165) is 18.2 Å². The monoisotopic (exact) mass is 260 g/mol. The van der Waals surface area contributed by atoms with Crippen LogP contribution in [0.3, 0.4) is 0 Å². The molecule has 1 rings (SSSR count). The van der Waals surface area contributed by atoms with E-state index in [0.29, 0.717) is 0 Å². The van der Waals surface area contributed by atoms with Gasteiger partial charge in [-0.15, -0.1) is 0 Å². The summed E-state index contributed by atoms with van der Waals surface area (Å²) >= 11 is 0. The quantitative estimate of drug-likeness (QED) is 0.474. The van der Waals surface area contributed by atoms with Crippen molar-refractivity contribution in [3.63, 3.8) is 0 Å². The van der Waals surface area contributed by atoms with Crippen molar-refractivity contribution in [2.45, 2.75) is 19.8 Å². The Morgan fingerprint density at radius 1 is 1.33 bits per heavy atom. The first-order valence-electron chi connectivity index (χ1n) is 5.16. The fourth-order valence-electron chi connectivity index (χ4n) is 1.28. The summed E-state index contributed by atoms with van der Waals surface area (Å²) in [4.78, 5) is 22.4. The second-order valence-corrected chi connectivity index (χ2v) is 3.59. The number of carbonyl (C=O) groups excluding carboxylic acids is 2. The van der Waals surface area contributed by atoms with Crippen LogP contribution in [0.15, 0.2) is 18.2 Å². The molecule has 0 spiro atoms. The minimum absolute atomic E-state index is 0.0421. The Labute approximate surface area is 102 Å². The molecule has 0 heterocycles. The Kier molecular flexibility index (Phi) is 4.11. The predicted octanol–water partition coefficient (Wildman–Crippen LogP) is 2.52. The molecule has 0 aromatic heterocycles. The maximum absolute atomic E-state index is 13.4. The van der Waals surface area contributed by atoms with Crippen LogP contribution >= 0.6 is 0 Å². The molecular formula is C12H11F3O3. The molecule has 0 amide bonds. The smallest absolute Gasteiger partial charge is 0.404 e. The van der Waals surface area contributed by atoms with Crippen LogP contribution in [0.4, 0.5) is 13.2 Å². The molecule has 1 aromatic rings. The Hall–Kier alpha value is -1.85. The minimum atomic E-state index is -4.26. The number of Topliss-reactive ketones (excluding diaryl/α,β-unsaturated/α-hetero) is 1. The average Bonchev–Trinajstić information content (AvgIpc) is 2.32. The Morgan fingerprint density at radius 2 is 1.94 bits per heavy atom. The van der Waals surface area contributed by atoms with Crippen LogP contribution in [0.25, 0.3) is 0 Å². The van der Waals surface area contributed by atoms with E-state index in [4.69, 9.17) is 0 Å². The maximum Gasteiger partial charge on any atom is 0.404 e. The van der Waals surface area contributed by atoms with Crippen LogP contribution in [0.2, 0.25) is 0 Å². The normalized spacial score (nSPS) is 11.2. The van der Waals surface area contributed by atoms with E-state index in [1.54, 1.807) is 0 Å². The summed E-state index contributed by atoms with van der Waals surface area (Å²) in [6, 6.07) is 2.76. The van der Waals surface area contributed by atoms with Gasteiger partial charge in [0.05, 0.1) is 6.61 Å². The molecule has 0 aliphatic carbocycles. The molecule has 6 heteroatoms. The molecule has 0 bridgehead atoms. The van der Waals surface area contributed by atoms with Crippen LogP contribution in [-0.4, -0.2) is 24.3 Å². The van der Waals surface area contributed by atoms with E-state index in [9.17, 15) is 22.8 Å². The lowest BCUT2D eigenvalue weighted by Crippen LogP contribution is -2.39. The molecule has 1 aromatic carbocycles. The fourth-order valence-corrected chi connectivity index (χ4v) is 1.28. The highest BCUT2D eigenvalue weighted by Crippen LogP contribution is 2.23. The fraction of sp³-hybridized carbons (Fsp3) is 0.333. The molecular weight excluding hydrogens is 249 g/mol. The van der Waals surface area contributed by atoms with E-state index in [1.807, 2.05) is 0 Å². The van der Waals surface area contributed by atoms with E-state index in [1.165, 1.54) is 13.8 Å². The molecule has 0 saturated carbocycles. The molecule has 0 N–H and O–H groups in total. The van der Waals surface area contributed by atoms with Crippen LogP contribution in [-0.2, 0) is 9.53 Å². The predicted molar refractivity (Wildman–Crippen MR) is 57.0 cm³/mol. The summed E-state index contributed by atoms with van der Waals surface area (Å²) in [5.74, 6) is -8.49. The van der Waals surface area contributed by atoms with E-state index >= 15 is 0 Å². The molecule has 0 aliphatic heterocycles. The van der Waals surface area contributed by atoms with Gasteiger partial charge in [-0.3, -0.25) is 4.79 Å². The van der Waals surface area contributed by atoms with Crippen LogP contribution in [0, 0.1) is 12.7 Å². The van der Waals surface area contributed by atoms with Crippen LogP contribution in [0.1, 0.15) is 22.8 Å². The second kappa shape index (κ2) is 5.20. The van der Waals surface area contributed by atoms with Gasteiger partial charge in [0.15, 0.2) is 0 Å². The summed E-state index contributed by atoms with van der Waals surface area (Å²) < 4.78 is 43.9. The number of carbonyl (C=O) groups is 2. The van der Waals surface area contributed by atoms with Gasteiger partial charge < -0.3 is 4.74 Å². The number of hydrogen-bond donors (Lipinski definition) is 0. The zero-order valence-electron chi connectivity index (χ0n) is 9.80. The Bertz CT molecular complexity index is 483. The highest BCUT2D eigenvalue weighted by molar-refractivity contribution is 6.13. The molecule has 0 unspecified atom stereocenters. The molecule has 3 nitrogen and oxygen atoms in total. The number of ether oxygens (including phenoxy) is 1. The van der Waals surface area contributed by atoms with Crippen molar-refractivity contribution in [3.05, 3.63) is 35.1 Å². The van der Waals surface area contributed by atoms with Gasteiger partial charge in [0.1, 0.15) is 5.82 Å². The minimum Gasteiger partial charge on any atom is -0.461 e. The highest BCUT2D eigenvalue weighted by atomic mass is 19.3. The lowest BCUT2D eigenvalue weighted by Gasteiger charge is -2.13. The van der Waals surface area contributed by atoms with Gasteiger partial charge in [0.2, 0.25) is 5.78 Å². The van der Waals surface area contributed by atoms with Crippen molar-refractivity contribution >= 4 is 11.8 Å². The number of halogens is 3. The standard InChI is InChI=1S/C12H11F3O3/c1-3-18-11(17)12(14,15)10(16)8-4-5-9(13)7(2)6-8/h4-6H,3H2,1-2H3. The topological polar surface area (TPSA) is 43.4 Å². The summed E-state index contributed by atoms with van der Waals surface area (Å²) in [7, 11) is 0. The first-order valence-corrected chi connectivity index (χ1v) is 5.16. The average molecular weight is 260 g/mol. The van der Waals surface area contributed by atoms with Gasteiger partial charge in [-0.2, -0.15) is 8.78 Å². The Balaban J connectivity index is 3.05. The summed E-state index contributed by atoms with van der Waals surface area (Å²) in [5, 5.41) is 0. The van der Waals surface area contributed by atoms with Crippen molar-refractivity contribution in [2.24, 2.45) is 0 Å². The van der Waals surface area contributed by atoms with Gasteiger partial charge in [-0.25, -0.2) is 9.18 Å². The maximum atomic E-state index is 13.4. The number of rotatable bonds is 4. The van der Waals surface area contributed by atoms with Gasteiger partial charge in [0, 0.05) is 5.56 Å². The first kappa shape index (κ1) is 14.2. The lowest BCUT2D eigenvalue weighted by atomic mass is 10.0. The van der Waals surface area contributed by atoms with Crippen molar-refractivity contribution in [1.29, 1.82) is 0 Å². The zero-order chi connectivity index (χ0) is 13.9. The first-order chi connectivity index (χ1) is 8.30. The van der Waals surface area contributed by atoms with Crippen LogP contribution in [0.5, 0.6) is 0 Å². The third-order valence-electron chi connectivity index (χ3n) is 2.24. The van der Waals surface area contributed by atoms with Crippen molar-refractivity contribution < 1.29 is 27.5 Å². The lowest BCUT2D eigenvalue weighted by molar-refractivity contribution is -0.164. The van der Waals surface area contributed by atoms with E-state index in [-0.39, 0.29) is 12.2 Å². The number of benzene rings is 1. The summed E-state index contributed by atoms with van der Waals surface area (Å²) in [6.45, 7) is 2.42. The van der Waals surface area contributed by atoms with Crippen molar-refractivity contribution in [2.75, 3.05) is 6.61 Å². The molecule has 0 aliphatic rings. The molecule has 0 atom stereocenters. The van der Waals surface area contributed by atoms with Crippen LogP contribution < -0.4 is 0 Å². The molecule has 18 heavy (non-hydrogen) atoms. The largest absolute Gasteiger partial charge is 0.461 e. The van der Waals surface area contributed by atoms with E-state index < -0.39 is 29.1 Å². The third kappa shape index (κ3) is 2.69. The number of ketones is 1. The highest BCUT2D eigenvalue weighted by Gasteiger charge is 2.49. The molecule has 0 fully saturated rings. The molecule has 0 radical (unpaired) electrons. The van der Waals surface area contributed by atoms with Crippen molar-refractivity contribution in [3.8, 4) is 0 Å². The Morgan fingerprint density at radius 3 is 2.44 bits per heavy atom. The number of hydrogen-bond acceptors (Lipinski definition) is 3. The SMILES string of the molecule is CCOC(=O)C(F)(F)C(=O)c1ccc(F)c(C)c1. The van der Waals surface area contributed by atoms with Gasteiger partial charge in [-0.05, 0) is 37.6 Å². The van der Waals surface area contributed by atoms with E-state index in [2.05, 4.69) is 4.74 Å². The second-order valence-electron chi connectivity index (χ2n) is 3.59. The number of aryl methyl sites for hydroxylation is 1. The van der Waals surface area contributed by atoms with Gasteiger partial charge in [-0.1, -0.05) is 0 Å². The number of esters is 1. The number of alkyl halides is 2. The van der Waals surface area contributed by atoms with Gasteiger partial charge >= 0.3 is 11.9 Å². The third-order valence-corrected chi connectivity index (χ3v) is 2.24. The van der Waals surface area contributed by atoms with Gasteiger partial charge in [0.25, 0.3) is 0 Å². The zero-order valence-corrected chi connectivity index (χ0v) is 9.80. The molecule has 0 saturated heterocycles. The summed E-state index contributed by atoms with van der Waals surface area (Å²) in [6.07, 6.45) is 0. The van der Waals surface area contributed by atoms with Crippen molar-refractivity contribution in [1.82, 2.24) is 0 Å². The molecule has 98 valence electrons.